The predicted octanol–water partition coefficient (Wildman–Crippen LogP) is 2.22. The first-order valence-corrected chi connectivity index (χ1v) is 7.14. The van der Waals surface area contributed by atoms with Crippen molar-refractivity contribution >= 4 is 5.91 Å². The van der Waals surface area contributed by atoms with Gasteiger partial charge in [0.2, 0.25) is 5.91 Å². The number of amides is 1. The Labute approximate surface area is 105 Å². The van der Waals surface area contributed by atoms with Gasteiger partial charge in [-0.15, -0.1) is 0 Å². The second-order valence-electron chi connectivity index (χ2n) is 6.21. The first kappa shape index (κ1) is 12.9. The normalized spacial score (nSPS) is 30.9. The van der Waals surface area contributed by atoms with E-state index >= 15 is 0 Å². The third kappa shape index (κ3) is 2.65. The van der Waals surface area contributed by atoms with Crippen LogP contribution in [0.4, 0.5) is 0 Å². The van der Waals surface area contributed by atoms with Crippen LogP contribution >= 0.6 is 0 Å². The lowest BCUT2D eigenvalue weighted by atomic mass is 9.70. The van der Waals surface area contributed by atoms with Gasteiger partial charge in [0.1, 0.15) is 0 Å². The zero-order chi connectivity index (χ0) is 12.4. The van der Waals surface area contributed by atoms with Crippen LogP contribution in [0.2, 0.25) is 0 Å². The smallest absolute Gasteiger partial charge is 0.240 e. The Kier molecular flexibility index (Phi) is 3.76. The first-order chi connectivity index (χ1) is 8.10. The zero-order valence-electron chi connectivity index (χ0n) is 11.3. The van der Waals surface area contributed by atoms with Crippen LogP contribution in [0.5, 0.6) is 0 Å². The van der Waals surface area contributed by atoms with Crippen LogP contribution in [0.3, 0.4) is 0 Å². The molecule has 0 aromatic rings. The Morgan fingerprint density at radius 1 is 1.29 bits per heavy atom. The van der Waals surface area contributed by atoms with Gasteiger partial charge in [0.05, 0.1) is 5.54 Å². The molecule has 1 atom stereocenters. The van der Waals surface area contributed by atoms with E-state index in [0.717, 1.165) is 38.8 Å². The summed E-state index contributed by atoms with van der Waals surface area (Å²) in [5, 5.41) is 6.62. The molecule has 0 radical (unpaired) electrons. The highest BCUT2D eigenvalue weighted by Gasteiger charge is 2.41. The fraction of sp³-hybridized carbons (Fsp3) is 0.929. The molecule has 1 unspecified atom stereocenters. The summed E-state index contributed by atoms with van der Waals surface area (Å²) in [5.41, 5.74) is 0.122. The van der Waals surface area contributed by atoms with Gasteiger partial charge >= 0.3 is 0 Å². The van der Waals surface area contributed by atoms with E-state index in [1.165, 1.54) is 19.3 Å². The van der Waals surface area contributed by atoms with Crippen molar-refractivity contribution in [2.75, 3.05) is 13.1 Å². The molecule has 17 heavy (non-hydrogen) atoms. The maximum atomic E-state index is 12.4. The minimum absolute atomic E-state index is 0.241. The fourth-order valence-corrected chi connectivity index (χ4v) is 3.17. The molecule has 1 aliphatic heterocycles. The van der Waals surface area contributed by atoms with E-state index in [1.54, 1.807) is 0 Å². The van der Waals surface area contributed by atoms with Gasteiger partial charge in [-0.2, -0.15) is 0 Å². The monoisotopic (exact) mass is 238 g/mol. The van der Waals surface area contributed by atoms with Gasteiger partial charge in [0.25, 0.3) is 0 Å². The van der Waals surface area contributed by atoms with Gasteiger partial charge in [0.15, 0.2) is 0 Å². The Morgan fingerprint density at radius 3 is 2.53 bits per heavy atom. The van der Waals surface area contributed by atoms with Crippen LogP contribution in [0.25, 0.3) is 0 Å². The van der Waals surface area contributed by atoms with Gasteiger partial charge < -0.3 is 10.6 Å². The third-order valence-electron chi connectivity index (χ3n) is 4.59. The van der Waals surface area contributed by atoms with Gasteiger partial charge in [-0.05, 0) is 44.1 Å². The first-order valence-electron chi connectivity index (χ1n) is 7.14. The van der Waals surface area contributed by atoms with Crippen LogP contribution in [-0.2, 0) is 4.79 Å². The number of hydrogen-bond acceptors (Lipinski definition) is 2. The van der Waals surface area contributed by atoms with Gasteiger partial charge in [-0.3, -0.25) is 4.79 Å². The standard InChI is InChI=1S/C14H26N2O/c1-3-6-14(9-5-10-16-14)12(17)15-11-13(2)7-4-8-13/h16H,3-11H2,1-2H3,(H,15,17). The van der Waals surface area contributed by atoms with Crippen molar-refractivity contribution in [3.05, 3.63) is 0 Å². The Bertz CT molecular complexity index is 278. The van der Waals surface area contributed by atoms with Gasteiger partial charge in [-0.1, -0.05) is 26.7 Å². The number of rotatable bonds is 5. The maximum absolute atomic E-state index is 12.4. The lowest BCUT2D eigenvalue weighted by molar-refractivity contribution is -0.128. The lowest BCUT2D eigenvalue weighted by Crippen LogP contribution is -2.55. The van der Waals surface area contributed by atoms with Crippen LogP contribution < -0.4 is 10.6 Å². The van der Waals surface area contributed by atoms with Crippen molar-refractivity contribution < 1.29 is 4.79 Å². The average molecular weight is 238 g/mol. The molecule has 3 nitrogen and oxygen atoms in total. The molecular formula is C14H26N2O. The molecule has 0 aromatic carbocycles. The highest BCUT2D eigenvalue weighted by atomic mass is 16.2. The summed E-state index contributed by atoms with van der Waals surface area (Å²) in [6.07, 6.45) is 8.02. The molecule has 1 saturated heterocycles. The molecule has 2 rings (SSSR count). The topological polar surface area (TPSA) is 41.1 Å². The van der Waals surface area contributed by atoms with Crippen molar-refractivity contribution in [1.82, 2.24) is 10.6 Å². The van der Waals surface area contributed by atoms with E-state index in [4.69, 9.17) is 0 Å². The lowest BCUT2D eigenvalue weighted by Gasteiger charge is -2.39. The van der Waals surface area contributed by atoms with Crippen molar-refractivity contribution in [2.45, 2.75) is 64.3 Å². The van der Waals surface area contributed by atoms with Crippen LogP contribution in [-0.4, -0.2) is 24.5 Å². The summed E-state index contributed by atoms with van der Waals surface area (Å²) in [7, 11) is 0. The second kappa shape index (κ2) is 4.97. The Hall–Kier alpha value is -0.570. The molecule has 0 bridgehead atoms. The van der Waals surface area contributed by atoms with Crippen LogP contribution in [0, 0.1) is 5.41 Å². The summed E-state index contributed by atoms with van der Waals surface area (Å²) in [6, 6.07) is 0. The number of carbonyl (C=O) groups is 1. The molecule has 1 aliphatic carbocycles. The largest absolute Gasteiger partial charge is 0.354 e. The quantitative estimate of drug-likeness (QED) is 0.771. The number of hydrogen-bond donors (Lipinski definition) is 2. The summed E-state index contributed by atoms with van der Waals surface area (Å²) < 4.78 is 0. The molecule has 2 aliphatic rings. The average Bonchev–Trinajstić information content (AvgIpc) is 2.73. The molecule has 1 heterocycles. The SMILES string of the molecule is CCCC1(C(=O)NCC2(C)CCC2)CCCN1. The molecule has 1 saturated carbocycles. The second-order valence-corrected chi connectivity index (χ2v) is 6.21. The van der Waals surface area contributed by atoms with Crippen LogP contribution in [0.15, 0.2) is 0 Å². The summed E-state index contributed by atoms with van der Waals surface area (Å²) in [4.78, 5) is 12.4. The van der Waals surface area contributed by atoms with Crippen molar-refractivity contribution in [3.8, 4) is 0 Å². The third-order valence-corrected chi connectivity index (χ3v) is 4.59. The highest BCUT2D eigenvalue weighted by Crippen LogP contribution is 2.39. The van der Waals surface area contributed by atoms with E-state index in [0.29, 0.717) is 5.41 Å². The summed E-state index contributed by atoms with van der Waals surface area (Å²) in [5.74, 6) is 0.241. The van der Waals surface area contributed by atoms with Crippen molar-refractivity contribution in [3.63, 3.8) is 0 Å². The number of nitrogens with one attached hydrogen (secondary N) is 2. The van der Waals surface area contributed by atoms with Gasteiger partial charge in [-0.25, -0.2) is 0 Å². The fourth-order valence-electron chi connectivity index (χ4n) is 3.17. The highest BCUT2D eigenvalue weighted by molar-refractivity contribution is 5.86. The molecule has 2 N–H and O–H groups in total. The summed E-state index contributed by atoms with van der Waals surface area (Å²) in [6.45, 7) is 6.29. The molecule has 0 aromatic heterocycles. The van der Waals surface area contributed by atoms with E-state index in [-0.39, 0.29) is 11.4 Å². The molecule has 2 fully saturated rings. The van der Waals surface area contributed by atoms with Crippen molar-refractivity contribution in [2.24, 2.45) is 5.41 Å². The molecular weight excluding hydrogens is 212 g/mol. The van der Waals surface area contributed by atoms with Gasteiger partial charge in [0, 0.05) is 6.54 Å². The predicted molar refractivity (Wildman–Crippen MR) is 69.8 cm³/mol. The maximum Gasteiger partial charge on any atom is 0.240 e. The number of carbonyl (C=O) groups excluding carboxylic acids is 1. The minimum atomic E-state index is -0.255. The van der Waals surface area contributed by atoms with E-state index < -0.39 is 0 Å². The van der Waals surface area contributed by atoms with Crippen molar-refractivity contribution in [1.29, 1.82) is 0 Å². The van der Waals surface area contributed by atoms with E-state index in [1.807, 2.05) is 0 Å². The Balaban J connectivity index is 1.88. The zero-order valence-corrected chi connectivity index (χ0v) is 11.3. The molecule has 0 spiro atoms. The molecule has 3 heteroatoms. The summed E-state index contributed by atoms with van der Waals surface area (Å²) >= 11 is 0. The van der Waals surface area contributed by atoms with E-state index in [9.17, 15) is 4.79 Å². The minimum Gasteiger partial charge on any atom is -0.354 e. The van der Waals surface area contributed by atoms with E-state index in [2.05, 4.69) is 24.5 Å². The molecule has 98 valence electrons. The molecule has 1 amide bonds. The van der Waals surface area contributed by atoms with Crippen LogP contribution in [0.1, 0.15) is 58.8 Å². The Morgan fingerprint density at radius 2 is 2.06 bits per heavy atom.